The van der Waals surface area contributed by atoms with Gasteiger partial charge in [-0.3, -0.25) is 13.9 Å². The summed E-state index contributed by atoms with van der Waals surface area (Å²) >= 11 is 6.02. The highest BCUT2D eigenvalue weighted by atomic mass is 35.5. The van der Waals surface area contributed by atoms with E-state index in [0.29, 0.717) is 16.5 Å². The summed E-state index contributed by atoms with van der Waals surface area (Å²) < 4.78 is 34.3. The minimum atomic E-state index is -4.17. The van der Waals surface area contributed by atoms with Crippen LogP contribution in [-0.2, 0) is 26.2 Å². The molecule has 0 saturated heterocycles. The number of anilines is 1. The number of benzene rings is 3. The quantitative estimate of drug-likeness (QED) is 0.297. The van der Waals surface area contributed by atoms with E-state index in [9.17, 15) is 18.0 Å². The first-order valence-corrected chi connectivity index (χ1v) is 15.3. The van der Waals surface area contributed by atoms with E-state index >= 15 is 0 Å². The molecule has 2 amide bonds. The zero-order valence-corrected chi connectivity index (χ0v) is 25.9. The molecule has 41 heavy (non-hydrogen) atoms. The zero-order valence-electron chi connectivity index (χ0n) is 24.3. The highest BCUT2D eigenvalue weighted by Gasteiger charge is 2.33. The predicted molar refractivity (Wildman–Crippen MR) is 163 cm³/mol. The number of aryl methyl sites for hydroxylation is 2. The largest absolute Gasteiger partial charge is 0.497 e. The molecule has 8 nitrogen and oxygen atoms in total. The third kappa shape index (κ3) is 8.01. The summed E-state index contributed by atoms with van der Waals surface area (Å²) in [6, 6.07) is 17.3. The van der Waals surface area contributed by atoms with Crippen LogP contribution in [0.15, 0.2) is 71.6 Å². The molecule has 3 aromatic rings. The number of ether oxygens (including phenoxy) is 1. The van der Waals surface area contributed by atoms with E-state index < -0.39 is 28.5 Å². The third-order valence-electron chi connectivity index (χ3n) is 7.11. The van der Waals surface area contributed by atoms with E-state index in [4.69, 9.17) is 16.3 Å². The molecule has 2 atom stereocenters. The Balaban J connectivity index is 2.06. The highest BCUT2D eigenvalue weighted by molar-refractivity contribution is 7.92. The van der Waals surface area contributed by atoms with Gasteiger partial charge in [0.05, 0.1) is 17.7 Å². The van der Waals surface area contributed by atoms with Crippen LogP contribution in [0.25, 0.3) is 0 Å². The molecule has 0 aliphatic heterocycles. The SMILES string of the molecule is CC[C@H](C)NC(=O)[C@@H](C)N(Cc1cccc(OC)c1)C(=O)CN(c1ccc(C)c(C)c1)S(=O)(=O)c1ccc(Cl)cc1. The Bertz CT molecular complexity index is 1480. The first-order chi connectivity index (χ1) is 19.4. The van der Waals surface area contributed by atoms with Crippen LogP contribution in [-0.4, -0.2) is 50.9 Å². The van der Waals surface area contributed by atoms with Crippen LogP contribution in [0.2, 0.25) is 5.02 Å². The summed E-state index contributed by atoms with van der Waals surface area (Å²) in [4.78, 5) is 28.6. The van der Waals surface area contributed by atoms with E-state index in [1.807, 2.05) is 39.8 Å². The van der Waals surface area contributed by atoms with Crippen molar-refractivity contribution in [3.63, 3.8) is 0 Å². The van der Waals surface area contributed by atoms with Gasteiger partial charge in [-0.25, -0.2) is 8.42 Å². The summed E-state index contributed by atoms with van der Waals surface area (Å²) in [6.07, 6.45) is 0.724. The molecule has 0 spiro atoms. The summed E-state index contributed by atoms with van der Waals surface area (Å²) in [5.41, 5.74) is 2.94. The second-order valence-electron chi connectivity index (χ2n) is 10.1. The van der Waals surface area contributed by atoms with Gasteiger partial charge < -0.3 is 15.0 Å². The number of hydrogen-bond acceptors (Lipinski definition) is 5. The molecule has 10 heteroatoms. The number of amides is 2. The van der Waals surface area contributed by atoms with Gasteiger partial charge in [0.2, 0.25) is 11.8 Å². The minimum absolute atomic E-state index is 0.00478. The van der Waals surface area contributed by atoms with Crippen LogP contribution >= 0.6 is 11.6 Å². The van der Waals surface area contributed by atoms with Crippen LogP contribution in [0.1, 0.15) is 43.9 Å². The number of carbonyl (C=O) groups is 2. The Kier molecular flexibility index (Phi) is 10.8. The fourth-order valence-corrected chi connectivity index (χ4v) is 5.69. The Morgan fingerprint density at radius 2 is 1.66 bits per heavy atom. The van der Waals surface area contributed by atoms with Gasteiger partial charge in [0, 0.05) is 17.6 Å². The highest BCUT2D eigenvalue weighted by Crippen LogP contribution is 2.27. The van der Waals surface area contributed by atoms with Gasteiger partial charge in [-0.15, -0.1) is 0 Å². The van der Waals surface area contributed by atoms with Crippen LogP contribution in [0.5, 0.6) is 5.75 Å². The van der Waals surface area contributed by atoms with E-state index in [2.05, 4.69) is 5.32 Å². The van der Waals surface area contributed by atoms with Crippen molar-refractivity contribution < 1.29 is 22.7 Å². The first-order valence-electron chi connectivity index (χ1n) is 13.5. The van der Waals surface area contributed by atoms with Crippen LogP contribution in [0, 0.1) is 13.8 Å². The number of nitrogens with one attached hydrogen (secondary N) is 1. The van der Waals surface area contributed by atoms with E-state index in [1.54, 1.807) is 44.4 Å². The van der Waals surface area contributed by atoms with Crippen molar-refractivity contribution in [2.24, 2.45) is 0 Å². The average molecular weight is 600 g/mol. The minimum Gasteiger partial charge on any atom is -0.497 e. The van der Waals surface area contributed by atoms with Crippen molar-refractivity contribution in [1.82, 2.24) is 10.2 Å². The molecule has 3 rings (SSSR count). The van der Waals surface area contributed by atoms with Crippen LogP contribution in [0.4, 0.5) is 5.69 Å². The second kappa shape index (κ2) is 13.9. The molecule has 0 bridgehead atoms. The number of rotatable bonds is 12. The van der Waals surface area contributed by atoms with Crippen LogP contribution < -0.4 is 14.4 Å². The number of methoxy groups -OCH3 is 1. The van der Waals surface area contributed by atoms with Crippen molar-refractivity contribution in [2.75, 3.05) is 18.0 Å². The number of hydrogen-bond donors (Lipinski definition) is 1. The maximum Gasteiger partial charge on any atom is 0.264 e. The van der Waals surface area contributed by atoms with Gasteiger partial charge in [-0.05, 0) is 99.3 Å². The Labute approximate surface area is 248 Å². The molecule has 0 aromatic heterocycles. The maximum absolute atomic E-state index is 14.1. The van der Waals surface area contributed by atoms with Gasteiger partial charge in [-0.1, -0.05) is 36.7 Å². The number of carbonyl (C=O) groups excluding carboxylic acids is 2. The molecule has 0 heterocycles. The van der Waals surface area contributed by atoms with Crippen molar-refractivity contribution in [2.45, 2.75) is 64.6 Å². The lowest BCUT2D eigenvalue weighted by molar-refractivity contribution is -0.139. The van der Waals surface area contributed by atoms with Crippen molar-refractivity contribution in [1.29, 1.82) is 0 Å². The molecule has 0 aliphatic rings. The second-order valence-corrected chi connectivity index (χ2v) is 12.4. The lowest BCUT2D eigenvalue weighted by Crippen LogP contribution is -2.52. The van der Waals surface area contributed by atoms with Crippen molar-refractivity contribution >= 4 is 39.1 Å². The molecule has 3 aromatic carbocycles. The standard InChI is InChI=1S/C31H38ClN3O5S/c1-7-23(4)33-31(37)24(5)34(19-25-9-8-10-28(18-25)40-6)30(36)20-35(27-14-11-21(2)22(3)17-27)41(38,39)29-15-12-26(32)13-16-29/h8-18,23-24H,7,19-20H2,1-6H3,(H,33,37)/t23-,24+/m0/s1. The van der Waals surface area contributed by atoms with Gasteiger partial charge in [0.25, 0.3) is 10.0 Å². The molecule has 0 unspecified atom stereocenters. The third-order valence-corrected chi connectivity index (χ3v) is 9.15. The fraction of sp³-hybridized carbons (Fsp3) is 0.355. The lowest BCUT2D eigenvalue weighted by atomic mass is 10.1. The van der Waals surface area contributed by atoms with Gasteiger partial charge in [0.15, 0.2) is 0 Å². The Morgan fingerprint density at radius 1 is 0.976 bits per heavy atom. The molecular weight excluding hydrogens is 562 g/mol. The normalized spacial score (nSPS) is 12.8. The molecule has 0 fully saturated rings. The topological polar surface area (TPSA) is 96.0 Å². The van der Waals surface area contributed by atoms with Gasteiger partial charge in [0.1, 0.15) is 18.3 Å². The monoisotopic (exact) mass is 599 g/mol. The lowest BCUT2D eigenvalue weighted by Gasteiger charge is -2.32. The number of halogens is 1. The molecule has 220 valence electrons. The van der Waals surface area contributed by atoms with E-state index in [1.165, 1.54) is 29.2 Å². The van der Waals surface area contributed by atoms with Crippen molar-refractivity contribution in [3.05, 3.63) is 88.4 Å². The first kappa shape index (κ1) is 32.0. The smallest absolute Gasteiger partial charge is 0.264 e. The molecule has 0 radical (unpaired) electrons. The van der Waals surface area contributed by atoms with Crippen LogP contribution in [0.3, 0.4) is 0 Å². The fourth-order valence-electron chi connectivity index (χ4n) is 4.16. The van der Waals surface area contributed by atoms with E-state index in [-0.39, 0.29) is 23.4 Å². The summed E-state index contributed by atoms with van der Waals surface area (Å²) in [7, 11) is -2.63. The zero-order chi connectivity index (χ0) is 30.3. The molecule has 1 N–H and O–H groups in total. The summed E-state index contributed by atoms with van der Waals surface area (Å²) in [5.74, 6) is -0.252. The molecular formula is C31H38ClN3O5S. The predicted octanol–water partition coefficient (Wildman–Crippen LogP) is 5.49. The maximum atomic E-state index is 14.1. The summed E-state index contributed by atoms with van der Waals surface area (Å²) in [5, 5.41) is 3.32. The number of sulfonamides is 1. The van der Waals surface area contributed by atoms with Crippen molar-refractivity contribution in [3.8, 4) is 5.75 Å². The Hall–Kier alpha value is -3.56. The van der Waals surface area contributed by atoms with Gasteiger partial charge in [-0.2, -0.15) is 0 Å². The molecule has 0 saturated carbocycles. The molecule has 0 aliphatic carbocycles. The van der Waals surface area contributed by atoms with Gasteiger partial charge >= 0.3 is 0 Å². The number of nitrogens with zero attached hydrogens (tertiary/aromatic N) is 2. The average Bonchev–Trinajstić information content (AvgIpc) is 2.95. The summed E-state index contributed by atoms with van der Waals surface area (Å²) in [6.45, 7) is 8.85. The Morgan fingerprint density at radius 3 is 2.27 bits per heavy atom. The van der Waals surface area contributed by atoms with E-state index in [0.717, 1.165) is 27.4 Å².